The maximum atomic E-state index is 14.3. The standard InChI is InChI=1S/C21H17ClFN3O3/c1-12(19-5-6-24-11-25-19)26(2)20(27)15-7-14(8-16(23)9-15)17-10-13(21(28)29)3-4-18(17)22/h3-12H,1-2H3,(H,28,29). The van der Waals surface area contributed by atoms with Crippen LogP contribution in [0.5, 0.6) is 0 Å². The van der Waals surface area contributed by atoms with Crippen LogP contribution in [0.25, 0.3) is 11.1 Å². The zero-order valence-corrected chi connectivity index (χ0v) is 16.4. The smallest absolute Gasteiger partial charge is 0.335 e. The van der Waals surface area contributed by atoms with Crippen molar-refractivity contribution in [1.29, 1.82) is 0 Å². The number of carboxylic acids is 1. The van der Waals surface area contributed by atoms with Gasteiger partial charge in [-0.25, -0.2) is 19.2 Å². The van der Waals surface area contributed by atoms with Crippen LogP contribution in [-0.4, -0.2) is 38.9 Å². The fourth-order valence-electron chi connectivity index (χ4n) is 2.87. The van der Waals surface area contributed by atoms with Crippen LogP contribution in [-0.2, 0) is 0 Å². The molecule has 1 N–H and O–H groups in total. The van der Waals surface area contributed by atoms with Crippen LogP contribution < -0.4 is 0 Å². The lowest BCUT2D eigenvalue weighted by Gasteiger charge is -2.24. The number of nitrogens with zero attached hydrogens (tertiary/aromatic N) is 3. The van der Waals surface area contributed by atoms with E-state index in [0.717, 1.165) is 6.07 Å². The Bertz CT molecular complexity index is 1080. The molecule has 1 heterocycles. The number of rotatable bonds is 5. The van der Waals surface area contributed by atoms with Crippen molar-refractivity contribution in [3.8, 4) is 11.1 Å². The molecular formula is C21H17ClFN3O3. The molecule has 0 radical (unpaired) electrons. The predicted molar refractivity (Wildman–Crippen MR) is 106 cm³/mol. The summed E-state index contributed by atoms with van der Waals surface area (Å²) in [5.74, 6) is -2.18. The highest BCUT2D eigenvalue weighted by atomic mass is 35.5. The van der Waals surface area contributed by atoms with E-state index in [1.54, 1.807) is 26.2 Å². The van der Waals surface area contributed by atoms with Crippen LogP contribution in [0.3, 0.4) is 0 Å². The number of carbonyl (C=O) groups is 2. The Kier molecular flexibility index (Phi) is 5.89. The van der Waals surface area contributed by atoms with Gasteiger partial charge in [-0.05, 0) is 55.0 Å². The summed E-state index contributed by atoms with van der Waals surface area (Å²) in [5.41, 5.74) is 1.40. The van der Waals surface area contributed by atoms with Gasteiger partial charge in [0, 0.05) is 29.4 Å². The van der Waals surface area contributed by atoms with Crippen LogP contribution >= 0.6 is 11.6 Å². The minimum Gasteiger partial charge on any atom is -0.478 e. The maximum absolute atomic E-state index is 14.3. The molecule has 0 saturated carbocycles. The number of halogens is 2. The molecule has 29 heavy (non-hydrogen) atoms. The molecule has 1 aromatic heterocycles. The van der Waals surface area contributed by atoms with Crippen molar-refractivity contribution in [1.82, 2.24) is 14.9 Å². The fraction of sp³-hybridized carbons (Fsp3) is 0.143. The van der Waals surface area contributed by atoms with Gasteiger partial charge >= 0.3 is 5.97 Å². The average Bonchev–Trinajstić information content (AvgIpc) is 2.72. The molecule has 1 unspecified atom stereocenters. The van der Waals surface area contributed by atoms with Crippen LogP contribution in [0.15, 0.2) is 55.0 Å². The van der Waals surface area contributed by atoms with Gasteiger partial charge in [-0.1, -0.05) is 11.6 Å². The Labute approximate surface area is 171 Å². The van der Waals surface area contributed by atoms with Crippen molar-refractivity contribution in [2.24, 2.45) is 0 Å². The Morgan fingerprint density at radius 1 is 1.14 bits per heavy atom. The van der Waals surface area contributed by atoms with Crippen molar-refractivity contribution in [2.75, 3.05) is 7.05 Å². The lowest BCUT2D eigenvalue weighted by atomic mass is 10.00. The van der Waals surface area contributed by atoms with Gasteiger partial charge in [-0.15, -0.1) is 0 Å². The molecule has 3 aromatic rings. The number of amides is 1. The van der Waals surface area contributed by atoms with Gasteiger partial charge in [0.15, 0.2) is 0 Å². The highest BCUT2D eigenvalue weighted by molar-refractivity contribution is 6.33. The lowest BCUT2D eigenvalue weighted by Crippen LogP contribution is -2.30. The topological polar surface area (TPSA) is 83.4 Å². The Morgan fingerprint density at radius 2 is 1.90 bits per heavy atom. The molecule has 0 saturated heterocycles. The number of aromatic carboxylic acids is 1. The lowest BCUT2D eigenvalue weighted by molar-refractivity contribution is 0.0695. The number of benzene rings is 2. The first kappa shape index (κ1) is 20.4. The molecule has 2 aromatic carbocycles. The maximum Gasteiger partial charge on any atom is 0.335 e. The number of hydrogen-bond acceptors (Lipinski definition) is 4. The van der Waals surface area contributed by atoms with Gasteiger partial charge in [0.05, 0.1) is 17.3 Å². The molecule has 3 rings (SSSR count). The highest BCUT2D eigenvalue weighted by Crippen LogP contribution is 2.31. The van der Waals surface area contributed by atoms with Gasteiger partial charge in [0.25, 0.3) is 5.91 Å². The molecule has 0 aliphatic heterocycles. The van der Waals surface area contributed by atoms with E-state index in [-0.39, 0.29) is 22.2 Å². The number of carboxylic acid groups (broad SMARTS) is 1. The molecule has 0 aliphatic rings. The van der Waals surface area contributed by atoms with Gasteiger partial charge in [0.2, 0.25) is 0 Å². The Hall–Kier alpha value is -3.32. The van der Waals surface area contributed by atoms with E-state index < -0.39 is 17.7 Å². The summed E-state index contributed by atoms with van der Waals surface area (Å²) < 4.78 is 14.3. The van der Waals surface area contributed by atoms with Crippen molar-refractivity contribution >= 4 is 23.5 Å². The molecule has 148 valence electrons. The monoisotopic (exact) mass is 413 g/mol. The fourth-order valence-corrected chi connectivity index (χ4v) is 3.10. The van der Waals surface area contributed by atoms with Crippen LogP contribution in [0.1, 0.15) is 39.4 Å². The number of hydrogen-bond donors (Lipinski definition) is 1. The van der Waals surface area contributed by atoms with Crippen LogP contribution in [0.2, 0.25) is 5.02 Å². The van der Waals surface area contributed by atoms with Gasteiger partial charge in [-0.3, -0.25) is 4.79 Å². The van der Waals surface area contributed by atoms with E-state index in [1.807, 2.05) is 0 Å². The highest BCUT2D eigenvalue weighted by Gasteiger charge is 2.21. The largest absolute Gasteiger partial charge is 0.478 e. The number of carbonyl (C=O) groups excluding carboxylic acids is 1. The molecule has 0 aliphatic carbocycles. The quantitative estimate of drug-likeness (QED) is 0.667. The van der Waals surface area contributed by atoms with Gasteiger partial charge in [0.1, 0.15) is 12.1 Å². The van der Waals surface area contributed by atoms with Gasteiger partial charge < -0.3 is 10.0 Å². The first-order chi connectivity index (χ1) is 13.8. The summed E-state index contributed by atoms with van der Waals surface area (Å²) >= 11 is 6.19. The summed E-state index contributed by atoms with van der Waals surface area (Å²) in [6, 6.07) is 9.29. The number of aromatic nitrogens is 2. The molecule has 1 atom stereocenters. The Morgan fingerprint density at radius 3 is 2.55 bits per heavy atom. The van der Waals surface area contributed by atoms with E-state index in [2.05, 4.69) is 9.97 Å². The predicted octanol–water partition coefficient (Wildman–Crippen LogP) is 4.47. The first-order valence-electron chi connectivity index (χ1n) is 8.65. The SMILES string of the molecule is CC(c1ccncn1)N(C)C(=O)c1cc(F)cc(-c2cc(C(=O)O)ccc2Cl)c1. The second-order valence-corrected chi connectivity index (χ2v) is 6.86. The minimum absolute atomic E-state index is 0.0102. The van der Waals surface area contributed by atoms with E-state index in [1.165, 1.54) is 41.6 Å². The summed E-state index contributed by atoms with van der Waals surface area (Å²) in [6.45, 7) is 1.80. The average molecular weight is 414 g/mol. The zero-order chi connectivity index (χ0) is 21.1. The Balaban J connectivity index is 1.98. The van der Waals surface area contributed by atoms with Crippen molar-refractivity contribution < 1.29 is 19.1 Å². The third-order valence-electron chi connectivity index (χ3n) is 4.60. The van der Waals surface area contributed by atoms with Crippen molar-refractivity contribution in [2.45, 2.75) is 13.0 Å². The molecule has 8 heteroatoms. The van der Waals surface area contributed by atoms with E-state index in [9.17, 15) is 19.1 Å². The summed E-state index contributed by atoms with van der Waals surface area (Å²) in [6.07, 6.45) is 2.97. The normalized spacial score (nSPS) is 11.7. The molecule has 0 bridgehead atoms. The zero-order valence-electron chi connectivity index (χ0n) is 15.6. The second kappa shape index (κ2) is 8.36. The van der Waals surface area contributed by atoms with Gasteiger partial charge in [-0.2, -0.15) is 0 Å². The third-order valence-corrected chi connectivity index (χ3v) is 4.93. The van der Waals surface area contributed by atoms with Crippen molar-refractivity contribution in [3.63, 3.8) is 0 Å². The van der Waals surface area contributed by atoms with E-state index >= 15 is 0 Å². The molecule has 1 amide bonds. The molecule has 0 spiro atoms. The van der Waals surface area contributed by atoms with Crippen LogP contribution in [0, 0.1) is 5.82 Å². The summed E-state index contributed by atoms with van der Waals surface area (Å²) in [5, 5.41) is 9.45. The molecule has 6 nitrogen and oxygen atoms in total. The minimum atomic E-state index is -1.13. The first-order valence-corrected chi connectivity index (χ1v) is 9.02. The third kappa shape index (κ3) is 4.41. The van der Waals surface area contributed by atoms with Crippen molar-refractivity contribution in [3.05, 3.63) is 82.6 Å². The van der Waals surface area contributed by atoms with E-state index in [4.69, 9.17) is 11.6 Å². The molecule has 0 fully saturated rings. The summed E-state index contributed by atoms with van der Waals surface area (Å²) in [4.78, 5) is 33.6. The second-order valence-electron chi connectivity index (χ2n) is 6.45. The summed E-state index contributed by atoms with van der Waals surface area (Å²) in [7, 11) is 1.59. The van der Waals surface area contributed by atoms with E-state index in [0.29, 0.717) is 16.8 Å². The van der Waals surface area contributed by atoms with Crippen LogP contribution in [0.4, 0.5) is 4.39 Å². The molecular weight excluding hydrogens is 397 g/mol.